The Bertz CT molecular complexity index is 1020. The van der Waals surface area contributed by atoms with Gasteiger partial charge in [0.2, 0.25) is 0 Å². The van der Waals surface area contributed by atoms with E-state index in [1.807, 2.05) is 36.4 Å². The molecule has 2 heterocycles. The molecule has 0 bridgehead atoms. The first-order valence-corrected chi connectivity index (χ1v) is 9.11. The summed E-state index contributed by atoms with van der Waals surface area (Å²) in [6.07, 6.45) is 6.90. The van der Waals surface area contributed by atoms with Crippen molar-refractivity contribution in [1.82, 2.24) is 9.97 Å². The van der Waals surface area contributed by atoms with Gasteiger partial charge in [0.05, 0.1) is 17.0 Å². The van der Waals surface area contributed by atoms with Crippen LogP contribution in [0.2, 0.25) is 0 Å². The summed E-state index contributed by atoms with van der Waals surface area (Å²) in [6.45, 7) is 0.546. The molecular formula is C22H19N5O. The van der Waals surface area contributed by atoms with E-state index in [-0.39, 0.29) is 11.3 Å². The highest BCUT2D eigenvalue weighted by Crippen LogP contribution is 2.47. The zero-order valence-electron chi connectivity index (χ0n) is 15.2. The number of benzene rings is 1. The number of carbonyl (C=O) groups excluding carboxylic acids is 1. The molecule has 0 spiro atoms. The average Bonchev–Trinajstić information content (AvgIpc) is 3.55. The minimum atomic E-state index is -0.323. The number of aromatic nitrogens is 2. The first-order valence-electron chi connectivity index (χ1n) is 9.11. The highest BCUT2D eigenvalue weighted by atomic mass is 16.1. The molecule has 1 aromatic carbocycles. The van der Waals surface area contributed by atoms with Crippen molar-refractivity contribution in [1.29, 1.82) is 5.26 Å². The molecular weight excluding hydrogens is 350 g/mol. The lowest BCUT2D eigenvalue weighted by Gasteiger charge is -2.12. The van der Waals surface area contributed by atoms with E-state index in [2.05, 4.69) is 26.7 Å². The molecule has 1 aliphatic carbocycles. The van der Waals surface area contributed by atoms with Crippen molar-refractivity contribution in [2.24, 2.45) is 0 Å². The third-order valence-electron chi connectivity index (χ3n) is 4.92. The number of nitriles is 1. The van der Waals surface area contributed by atoms with E-state index in [4.69, 9.17) is 0 Å². The summed E-state index contributed by atoms with van der Waals surface area (Å²) in [5.74, 6) is 0.286. The topological polar surface area (TPSA) is 90.7 Å². The van der Waals surface area contributed by atoms with E-state index < -0.39 is 0 Å². The fourth-order valence-electron chi connectivity index (χ4n) is 3.08. The number of carbonyl (C=O) groups is 1. The molecule has 6 heteroatoms. The van der Waals surface area contributed by atoms with Gasteiger partial charge in [0, 0.05) is 30.8 Å². The van der Waals surface area contributed by atoms with Crippen LogP contribution in [0.15, 0.2) is 67.1 Å². The Balaban J connectivity index is 1.45. The van der Waals surface area contributed by atoms with Crippen LogP contribution in [0.4, 0.5) is 11.5 Å². The predicted molar refractivity (Wildman–Crippen MR) is 107 cm³/mol. The van der Waals surface area contributed by atoms with E-state index in [9.17, 15) is 10.1 Å². The minimum absolute atomic E-state index is 0.237. The summed E-state index contributed by atoms with van der Waals surface area (Å²) in [6, 6.07) is 17.2. The lowest BCUT2D eigenvalue weighted by atomic mass is 9.98. The number of pyridine rings is 2. The second-order valence-electron chi connectivity index (χ2n) is 6.83. The van der Waals surface area contributed by atoms with Crippen LogP contribution in [0.25, 0.3) is 0 Å². The van der Waals surface area contributed by atoms with E-state index in [0.29, 0.717) is 23.6 Å². The molecule has 0 saturated heterocycles. The molecule has 2 N–H and O–H groups in total. The van der Waals surface area contributed by atoms with E-state index in [1.165, 1.54) is 0 Å². The van der Waals surface area contributed by atoms with Gasteiger partial charge in [-0.1, -0.05) is 12.1 Å². The van der Waals surface area contributed by atoms with Gasteiger partial charge in [-0.05, 0) is 60.4 Å². The number of anilines is 2. The van der Waals surface area contributed by atoms with Crippen LogP contribution in [0.3, 0.4) is 0 Å². The van der Waals surface area contributed by atoms with Crippen LogP contribution in [0, 0.1) is 11.3 Å². The Morgan fingerprint density at radius 2 is 1.82 bits per heavy atom. The van der Waals surface area contributed by atoms with Crippen LogP contribution in [0.1, 0.15) is 34.3 Å². The number of hydrogen-bond donors (Lipinski definition) is 2. The van der Waals surface area contributed by atoms with Gasteiger partial charge in [0.25, 0.3) is 5.91 Å². The zero-order chi connectivity index (χ0) is 19.4. The Hall–Kier alpha value is -3.72. The Labute approximate surface area is 163 Å². The van der Waals surface area contributed by atoms with Crippen LogP contribution in [-0.2, 0) is 12.0 Å². The Morgan fingerprint density at radius 1 is 1.07 bits per heavy atom. The molecule has 0 unspecified atom stereocenters. The lowest BCUT2D eigenvalue weighted by Crippen LogP contribution is -2.16. The van der Waals surface area contributed by atoms with Crippen LogP contribution >= 0.6 is 0 Å². The fourth-order valence-corrected chi connectivity index (χ4v) is 3.08. The van der Waals surface area contributed by atoms with Gasteiger partial charge in [0.1, 0.15) is 5.82 Å². The van der Waals surface area contributed by atoms with E-state index in [0.717, 1.165) is 24.0 Å². The van der Waals surface area contributed by atoms with Crippen molar-refractivity contribution in [3.05, 3.63) is 83.8 Å². The van der Waals surface area contributed by atoms with Crippen molar-refractivity contribution in [3.63, 3.8) is 0 Å². The zero-order valence-corrected chi connectivity index (χ0v) is 15.2. The lowest BCUT2D eigenvalue weighted by molar-refractivity contribution is 0.102. The highest BCUT2D eigenvalue weighted by molar-refractivity contribution is 6.07. The predicted octanol–water partition coefficient (Wildman–Crippen LogP) is 3.90. The molecule has 0 atom stereocenters. The average molecular weight is 369 g/mol. The maximum atomic E-state index is 12.7. The third kappa shape index (κ3) is 3.69. The smallest absolute Gasteiger partial charge is 0.259 e. The maximum absolute atomic E-state index is 12.7. The summed E-state index contributed by atoms with van der Waals surface area (Å²) < 4.78 is 0. The molecule has 0 aliphatic heterocycles. The molecule has 1 amide bonds. The largest absolute Gasteiger partial charge is 0.365 e. The van der Waals surface area contributed by atoms with Crippen molar-refractivity contribution in [2.75, 3.05) is 10.6 Å². The second-order valence-corrected chi connectivity index (χ2v) is 6.83. The molecule has 0 radical (unpaired) electrons. The molecule has 1 aliphatic rings. The third-order valence-corrected chi connectivity index (χ3v) is 4.92. The fraction of sp³-hybridized carbons (Fsp3) is 0.182. The van der Waals surface area contributed by atoms with Gasteiger partial charge < -0.3 is 10.6 Å². The molecule has 6 nitrogen and oxygen atoms in total. The summed E-state index contributed by atoms with van der Waals surface area (Å²) in [7, 11) is 0. The monoisotopic (exact) mass is 369 g/mol. The van der Waals surface area contributed by atoms with Gasteiger partial charge in [-0.15, -0.1) is 0 Å². The quantitative estimate of drug-likeness (QED) is 0.688. The normalized spacial score (nSPS) is 14.0. The van der Waals surface area contributed by atoms with Crippen LogP contribution in [0.5, 0.6) is 0 Å². The van der Waals surface area contributed by atoms with E-state index >= 15 is 0 Å². The van der Waals surface area contributed by atoms with Gasteiger partial charge in [-0.3, -0.25) is 9.78 Å². The Kier molecular flexibility index (Phi) is 4.73. The second kappa shape index (κ2) is 7.49. The SMILES string of the molecule is N#CC1(c2ccc(NC(=O)c3cccnc3NCc3ccncc3)cc2)CC1. The molecule has 2 aromatic heterocycles. The Morgan fingerprint density at radius 3 is 2.50 bits per heavy atom. The van der Waals surface area contributed by atoms with Crippen molar-refractivity contribution < 1.29 is 4.79 Å². The number of rotatable bonds is 6. The van der Waals surface area contributed by atoms with Gasteiger partial charge >= 0.3 is 0 Å². The molecule has 28 heavy (non-hydrogen) atoms. The van der Waals surface area contributed by atoms with Gasteiger partial charge in [0.15, 0.2) is 0 Å². The number of nitrogens with zero attached hydrogens (tertiary/aromatic N) is 3. The molecule has 138 valence electrons. The molecule has 1 fully saturated rings. The number of nitrogens with one attached hydrogen (secondary N) is 2. The first kappa shape index (κ1) is 17.7. The summed E-state index contributed by atoms with van der Waals surface area (Å²) in [5, 5.41) is 15.4. The van der Waals surface area contributed by atoms with Crippen molar-refractivity contribution >= 4 is 17.4 Å². The van der Waals surface area contributed by atoms with E-state index in [1.54, 1.807) is 30.7 Å². The molecule has 3 aromatic rings. The van der Waals surface area contributed by atoms with Gasteiger partial charge in [-0.2, -0.15) is 5.26 Å². The first-order chi connectivity index (χ1) is 13.7. The highest BCUT2D eigenvalue weighted by Gasteiger charge is 2.44. The molecule has 1 saturated carbocycles. The van der Waals surface area contributed by atoms with Crippen LogP contribution in [-0.4, -0.2) is 15.9 Å². The summed E-state index contributed by atoms with van der Waals surface area (Å²) >= 11 is 0. The summed E-state index contributed by atoms with van der Waals surface area (Å²) in [5.41, 5.74) is 2.89. The van der Waals surface area contributed by atoms with Crippen molar-refractivity contribution in [2.45, 2.75) is 24.8 Å². The minimum Gasteiger partial charge on any atom is -0.365 e. The number of hydrogen-bond acceptors (Lipinski definition) is 5. The van der Waals surface area contributed by atoms with Gasteiger partial charge in [-0.25, -0.2) is 4.98 Å². The standard InChI is InChI=1S/C22H19N5O/c23-15-22(9-10-22)17-3-5-18(6-4-17)27-21(28)19-2-1-11-25-20(19)26-14-16-7-12-24-13-8-16/h1-8,11-13H,9-10,14H2,(H,25,26)(H,27,28). The van der Waals surface area contributed by atoms with Crippen molar-refractivity contribution in [3.8, 4) is 6.07 Å². The van der Waals surface area contributed by atoms with Crippen LogP contribution < -0.4 is 10.6 Å². The number of amides is 1. The summed E-state index contributed by atoms with van der Waals surface area (Å²) in [4.78, 5) is 21.0. The maximum Gasteiger partial charge on any atom is 0.259 e. The molecule has 4 rings (SSSR count).